The average Bonchev–Trinajstić information content (AvgIpc) is 2.85. The van der Waals surface area contributed by atoms with Gasteiger partial charge in [-0.15, -0.1) is 0 Å². The molecule has 0 unspecified atom stereocenters. The Hall–Kier alpha value is -2.30. The van der Waals surface area contributed by atoms with Gasteiger partial charge in [0.2, 0.25) is 5.95 Å². The molecule has 0 amide bonds. The van der Waals surface area contributed by atoms with Gasteiger partial charge in [-0.2, -0.15) is 0 Å². The monoisotopic (exact) mass is 241 g/mol. The largest absolute Gasteiger partial charge is 0.369 e. The minimum absolute atomic E-state index is 0.526. The van der Waals surface area contributed by atoms with E-state index in [9.17, 15) is 0 Å². The van der Waals surface area contributed by atoms with Gasteiger partial charge >= 0.3 is 0 Å². The highest BCUT2D eigenvalue weighted by Crippen LogP contribution is 2.20. The Bertz CT molecular complexity index is 707. The first kappa shape index (κ1) is 10.8. The van der Waals surface area contributed by atoms with Crippen LogP contribution in [0.4, 0.5) is 5.95 Å². The molecule has 5 nitrogen and oxygen atoms in total. The SMILES string of the molecule is Cc1ccc2c(c1)nc(N)n2Cc1nccn1C. The van der Waals surface area contributed by atoms with Gasteiger partial charge in [-0.05, 0) is 24.6 Å². The molecule has 0 atom stereocenters. The van der Waals surface area contributed by atoms with Gasteiger partial charge in [0, 0.05) is 19.4 Å². The van der Waals surface area contributed by atoms with E-state index in [0.717, 1.165) is 16.9 Å². The summed E-state index contributed by atoms with van der Waals surface area (Å²) < 4.78 is 3.97. The van der Waals surface area contributed by atoms with E-state index >= 15 is 0 Å². The van der Waals surface area contributed by atoms with Crippen LogP contribution in [-0.2, 0) is 13.6 Å². The summed E-state index contributed by atoms with van der Waals surface area (Å²) in [6, 6.07) is 6.16. The summed E-state index contributed by atoms with van der Waals surface area (Å²) in [4.78, 5) is 8.70. The van der Waals surface area contributed by atoms with Crippen molar-refractivity contribution in [3.05, 3.63) is 42.0 Å². The summed E-state index contributed by atoms with van der Waals surface area (Å²) in [5.74, 6) is 1.49. The van der Waals surface area contributed by atoms with Gasteiger partial charge in [0.25, 0.3) is 0 Å². The Labute approximate surface area is 105 Å². The Kier molecular flexibility index (Phi) is 2.33. The molecule has 2 N–H and O–H groups in total. The molecule has 0 radical (unpaired) electrons. The number of fused-ring (bicyclic) bond motifs is 1. The molecule has 2 heterocycles. The van der Waals surface area contributed by atoms with E-state index in [1.807, 2.05) is 35.4 Å². The van der Waals surface area contributed by atoms with E-state index in [-0.39, 0.29) is 0 Å². The summed E-state index contributed by atoms with van der Waals surface area (Å²) in [7, 11) is 1.97. The molecule has 0 saturated heterocycles. The maximum Gasteiger partial charge on any atom is 0.201 e. The van der Waals surface area contributed by atoms with Gasteiger partial charge < -0.3 is 14.9 Å². The molecule has 0 aliphatic rings. The zero-order valence-corrected chi connectivity index (χ0v) is 10.5. The molecule has 0 saturated carbocycles. The number of aromatic nitrogens is 4. The number of nitrogens with zero attached hydrogens (tertiary/aromatic N) is 4. The van der Waals surface area contributed by atoms with Crippen LogP contribution in [0.1, 0.15) is 11.4 Å². The molecular formula is C13H15N5. The normalized spacial score (nSPS) is 11.2. The number of benzene rings is 1. The zero-order chi connectivity index (χ0) is 12.7. The lowest BCUT2D eigenvalue weighted by atomic mass is 10.2. The third kappa shape index (κ3) is 1.64. The molecule has 18 heavy (non-hydrogen) atoms. The second-order valence-corrected chi connectivity index (χ2v) is 4.50. The quantitative estimate of drug-likeness (QED) is 0.743. The van der Waals surface area contributed by atoms with Crippen LogP contribution in [0.2, 0.25) is 0 Å². The standard InChI is InChI=1S/C13H15N5/c1-9-3-4-11-10(7-9)16-13(14)18(11)8-12-15-5-6-17(12)2/h3-7H,8H2,1-2H3,(H2,14,16). The van der Waals surface area contributed by atoms with Gasteiger partial charge in [-0.1, -0.05) is 6.07 Å². The molecule has 0 bridgehead atoms. The van der Waals surface area contributed by atoms with E-state index in [1.54, 1.807) is 6.20 Å². The van der Waals surface area contributed by atoms with Crippen molar-refractivity contribution in [2.45, 2.75) is 13.5 Å². The van der Waals surface area contributed by atoms with Gasteiger partial charge in [-0.3, -0.25) is 0 Å². The summed E-state index contributed by atoms with van der Waals surface area (Å²) in [5.41, 5.74) is 9.14. The number of hydrogen-bond acceptors (Lipinski definition) is 3. The van der Waals surface area contributed by atoms with Crippen LogP contribution in [0, 0.1) is 6.92 Å². The molecule has 0 aliphatic carbocycles. The molecule has 2 aromatic heterocycles. The number of aryl methyl sites for hydroxylation is 2. The van der Waals surface area contributed by atoms with E-state index < -0.39 is 0 Å². The van der Waals surface area contributed by atoms with Crippen LogP contribution in [-0.4, -0.2) is 19.1 Å². The first-order valence-electron chi connectivity index (χ1n) is 5.84. The Morgan fingerprint density at radius 3 is 2.89 bits per heavy atom. The van der Waals surface area contributed by atoms with Crippen molar-refractivity contribution in [2.24, 2.45) is 7.05 Å². The molecule has 92 valence electrons. The van der Waals surface area contributed by atoms with E-state index in [4.69, 9.17) is 5.73 Å². The molecule has 0 aliphatic heterocycles. The predicted octanol–water partition coefficient (Wildman–Crippen LogP) is 1.71. The number of rotatable bonds is 2. The number of nitrogens with two attached hydrogens (primary N) is 1. The van der Waals surface area contributed by atoms with Crippen molar-refractivity contribution in [1.82, 2.24) is 19.1 Å². The highest BCUT2D eigenvalue weighted by atomic mass is 15.2. The second kappa shape index (κ2) is 3.87. The van der Waals surface area contributed by atoms with Gasteiger partial charge in [0.15, 0.2) is 0 Å². The summed E-state index contributed by atoms with van der Waals surface area (Å²) in [6.45, 7) is 2.68. The Balaban J connectivity index is 2.11. The molecular weight excluding hydrogens is 226 g/mol. The Morgan fingerprint density at radius 2 is 2.17 bits per heavy atom. The van der Waals surface area contributed by atoms with Crippen molar-refractivity contribution >= 4 is 17.0 Å². The lowest BCUT2D eigenvalue weighted by Gasteiger charge is -2.06. The number of hydrogen-bond donors (Lipinski definition) is 1. The first-order chi connectivity index (χ1) is 8.65. The molecule has 3 rings (SSSR count). The van der Waals surface area contributed by atoms with Crippen LogP contribution in [0.3, 0.4) is 0 Å². The van der Waals surface area contributed by atoms with Gasteiger partial charge in [0.05, 0.1) is 17.6 Å². The van der Waals surface area contributed by atoms with Crippen molar-refractivity contribution in [3.63, 3.8) is 0 Å². The van der Waals surface area contributed by atoms with Crippen molar-refractivity contribution in [3.8, 4) is 0 Å². The smallest absolute Gasteiger partial charge is 0.201 e. The predicted molar refractivity (Wildman–Crippen MR) is 71.2 cm³/mol. The lowest BCUT2D eigenvalue weighted by Crippen LogP contribution is -2.08. The maximum absolute atomic E-state index is 5.98. The highest BCUT2D eigenvalue weighted by molar-refractivity contribution is 5.79. The fraction of sp³-hybridized carbons (Fsp3) is 0.231. The van der Waals surface area contributed by atoms with Gasteiger partial charge in [-0.25, -0.2) is 9.97 Å². The Morgan fingerprint density at radius 1 is 1.33 bits per heavy atom. The summed E-state index contributed by atoms with van der Waals surface area (Å²) in [5, 5.41) is 0. The first-order valence-corrected chi connectivity index (χ1v) is 5.84. The average molecular weight is 241 g/mol. The lowest BCUT2D eigenvalue weighted by molar-refractivity contribution is 0.720. The van der Waals surface area contributed by atoms with Crippen molar-refractivity contribution in [2.75, 3.05) is 5.73 Å². The van der Waals surface area contributed by atoms with Crippen LogP contribution in [0.25, 0.3) is 11.0 Å². The maximum atomic E-state index is 5.98. The van der Waals surface area contributed by atoms with Gasteiger partial charge in [0.1, 0.15) is 5.82 Å². The number of anilines is 1. The second-order valence-electron chi connectivity index (χ2n) is 4.50. The molecule has 0 fully saturated rings. The summed E-state index contributed by atoms with van der Waals surface area (Å²) >= 11 is 0. The molecule has 3 aromatic rings. The van der Waals surface area contributed by atoms with E-state index in [0.29, 0.717) is 12.5 Å². The van der Waals surface area contributed by atoms with Crippen LogP contribution in [0.15, 0.2) is 30.6 Å². The topological polar surface area (TPSA) is 61.7 Å². The van der Waals surface area contributed by atoms with Crippen LogP contribution >= 0.6 is 0 Å². The molecule has 5 heteroatoms. The fourth-order valence-electron chi connectivity index (χ4n) is 2.11. The third-order valence-corrected chi connectivity index (χ3v) is 3.15. The van der Waals surface area contributed by atoms with Crippen LogP contribution < -0.4 is 5.73 Å². The number of nitrogen functional groups attached to an aromatic ring is 1. The highest BCUT2D eigenvalue weighted by Gasteiger charge is 2.10. The van der Waals surface area contributed by atoms with Crippen molar-refractivity contribution in [1.29, 1.82) is 0 Å². The summed E-state index contributed by atoms with van der Waals surface area (Å²) in [6.07, 6.45) is 3.71. The zero-order valence-electron chi connectivity index (χ0n) is 10.5. The number of imidazole rings is 2. The minimum Gasteiger partial charge on any atom is -0.369 e. The minimum atomic E-state index is 0.526. The third-order valence-electron chi connectivity index (χ3n) is 3.15. The molecule has 0 spiro atoms. The van der Waals surface area contributed by atoms with E-state index in [2.05, 4.69) is 22.1 Å². The van der Waals surface area contributed by atoms with Crippen molar-refractivity contribution < 1.29 is 0 Å². The van der Waals surface area contributed by atoms with E-state index in [1.165, 1.54) is 5.56 Å². The van der Waals surface area contributed by atoms with Crippen LogP contribution in [0.5, 0.6) is 0 Å². The molecule has 1 aromatic carbocycles. The fourth-order valence-corrected chi connectivity index (χ4v) is 2.11.